The SMILES string of the molecule is CC(C)[C@@H](C)C(N)=O. The molecule has 0 rings (SSSR count). The molecule has 0 aliphatic heterocycles. The molecule has 2 heteroatoms. The normalized spacial score (nSPS) is 14.0. The van der Waals surface area contributed by atoms with Gasteiger partial charge in [0.2, 0.25) is 5.91 Å². The zero-order chi connectivity index (χ0) is 6.73. The topological polar surface area (TPSA) is 43.1 Å². The first-order valence-electron chi connectivity index (χ1n) is 2.85. The Labute approximate surface area is 50.1 Å². The molecule has 0 bridgehead atoms. The van der Waals surface area contributed by atoms with Crippen LogP contribution >= 0.6 is 0 Å². The van der Waals surface area contributed by atoms with Crippen LogP contribution in [0, 0.1) is 11.8 Å². The van der Waals surface area contributed by atoms with E-state index in [4.69, 9.17) is 5.73 Å². The van der Waals surface area contributed by atoms with E-state index in [1.807, 2.05) is 20.8 Å². The largest absolute Gasteiger partial charge is 0.369 e. The summed E-state index contributed by atoms with van der Waals surface area (Å²) in [6.07, 6.45) is 0. The van der Waals surface area contributed by atoms with Gasteiger partial charge in [-0.15, -0.1) is 0 Å². The molecule has 0 heterocycles. The first-order chi connectivity index (χ1) is 3.55. The highest BCUT2D eigenvalue weighted by atomic mass is 16.1. The molecule has 0 aromatic carbocycles. The van der Waals surface area contributed by atoms with Crippen LogP contribution in [-0.4, -0.2) is 5.91 Å². The second kappa shape index (κ2) is 2.70. The number of nitrogens with two attached hydrogens (primary N) is 1. The summed E-state index contributed by atoms with van der Waals surface area (Å²) in [6, 6.07) is 0. The van der Waals surface area contributed by atoms with Crippen LogP contribution in [-0.2, 0) is 4.79 Å². The van der Waals surface area contributed by atoms with E-state index in [0.717, 1.165) is 0 Å². The standard InChI is InChI=1S/C6H13NO/c1-4(2)5(3)6(7)8/h4-5H,1-3H3,(H2,7,8)/t5-/m1/s1. The summed E-state index contributed by atoms with van der Waals surface area (Å²) in [6.45, 7) is 5.80. The molecule has 0 unspecified atom stereocenters. The average Bonchev–Trinajstić information content (AvgIpc) is 1.64. The monoisotopic (exact) mass is 115 g/mol. The van der Waals surface area contributed by atoms with Gasteiger partial charge in [0, 0.05) is 5.92 Å². The lowest BCUT2D eigenvalue weighted by atomic mass is 9.98. The molecule has 0 aliphatic carbocycles. The number of rotatable bonds is 2. The molecular formula is C6H13NO. The van der Waals surface area contributed by atoms with Crippen molar-refractivity contribution in [3.05, 3.63) is 0 Å². The summed E-state index contributed by atoms with van der Waals surface area (Å²) in [5, 5.41) is 0. The third-order valence-corrected chi connectivity index (χ3v) is 1.45. The van der Waals surface area contributed by atoms with Crippen LogP contribution in [0.3, 0.4) is 0 Å². The van der Waals surface area contributed by atoms with Gasteiger partial charge in [-0.25, -0.2) is 0 Å². The maximum atomic E-state index is 10.4. The van der Waals surface area contributed by atoms with Crippen molar-refractivity contribution in [2.24, 2.45) is 17.6 Å². The molecule has 0 saturated heterocycles. The van der Waals surface area contributed by atoms with Crippen LogP contribution in [0.5, 0.6) is 0 Å². The molecule has 0 spiro atoms. The Morgan fingerprint density at radius 3 is 1.75 bits per heavy atom. The van der Waals surface area contributed by atoms with Crippen LogP contribution in [0.1, 0.15) is 20.8 Å². The van der Waals surface area contributed by atoms with Gasteiger partial charge in [0.25, 0.3) is 0 Å². The van der Waals surface area contributed by atoms with Gasteiger partial charge in [0.15, 0.2) is 0 Å². The fourth-order valence-electron chi connectivity index (χ4n) is 0.329. The zero-order valence-corrected chi connectivity index (χ0v) is 5.64. The van der Waals surface area contributed by atoms with E-state index < -0.39 is 0 Å². The number of amides is 1. The van der Waals surface area contributed by atoms with Crippen LogP contribution in [0.15, 0.2) is 0 Å². The van der Waals surface area contributed by atoms with E-state index in [1.165, 1.54) is 0 Å². The van der Waals surface area contributed by atoms with Gasteiger partial charge in [0.05, 0.1) is 0 Å². The van der Waals surface area contributed by atoms with Gasteiger partial charge in [-0.1, -0.05) is 20.8 Å². The molecular weight excluding hydrogens is 102 g/mol. The van der Waals surface area contributed by atoms with Gasteiger partial charge in [0.1, 0.15) is 0 Å². The maximum Gasteiger partial charge on any atom is 0.220 e. The molecule has 0 aromatic heterocycles. The Bertz CT molecular complexity index is 88.5. The summed E-state index contributed by atoms with van der Waals surface area (Å²) >= 11 is 0. The van der Waals surface area contributed by atoms with Crippen molar-refractivity contribution in [2.45, 2.75) is 20.8 Å². The smallest absolute Gasteiger partial charge is 0.220 e. The molecule has 1 atom stereocenters. The van der Waals surface area contributed by atoms with E-state index >= 15 is 0 Å². The van der Waals surface area contributed by atoms with Crippen molar-refractivity contribution in [1.29, 1.82) is 0 Å². The maximum absolute atomic E-state index is 10.4. The van der Waals surface area contributed by atoms with Crippen molar-refractivity contribution in [2.75, 3.05) is 0 Å². The van der Waals surface area contributed by atoms with Crippen molar-refractivity contribution in [1.82, 2.24) is 0 Å². The summed E-state index contributed by atoms with van der Waals surface area (Å²) in [7, 11) is 0. The molecule has 1 amide bonds. The van der Waals surface area contributed by atoms with Crippen molar-refractivity contribution in [3.63, 3.8) is 0 Å². The molecule has 0 fully saturated rings. The highest BCUT2D eigenvalue weighted by Crippen LogP contribution is 2.06. The Balaban J connectivity index is 3.64. The minimum atomic E-state index is -0.208. The zero-order valence-electron chi connectivity index (χ0n) is 5.64. The summed E-state index contributed by atoms with van der Waals surface area (Å²) in [5.74, 6) is 0.169. The van der Waals surface area contributed by atoms with Crippen molar-refractivity contribution >= 4 is 5.91 Å². The molecule has 2 nitrogen and oxygen atoms in total. The first-order valence-corrected chi connectivity index (χ1v) is 2.85. The minimum absolute atomic E-state index is 0.00926. The van der Waals surface area contributed by atoms with Crippen LogP contribution in [0.4, 0.5) is 0 Å². The second-order valence-corrected chi connectivity index (χ2v) is 2.44. The quantitative estimate of drug-likeness (QED) is 0.567. The van der Waals surface area contributed by atoms with Gasteiger partial charge >= 0.3 is 0 Å². The average molecular weight is 115 g/mol. The van der Waals surface area contributed by atoms with E-state index in [9.17, 15) is 4.79 Å². The third kappa shape index (κ3) is 1.96. The summed E-state index contributed by atoms with van der Waals surface area (Å²) in [4.78, 5) is 10.4. The fraction of sp³-hybridized carbons (Fsp3) is 0.833. The van der Waals surface area contributed by atoms with E-state index in [0.29, 0.717) is 5.92 Å². The minimum Gasteiger partial charge on any atom is -0.369 e. The molecule has 0 saturated carbocycles. The number of primary amides is 1. The molecule has 0 aromatic rings. The first kappa shape index (κ1) is 7.47. The lowest BCUT2D eigenvalue weighted by molar-refractivity contribution is -0.122. The lowest BCUT2D eigenvalue weighted by Crippen LogP contribution is -2.24. The number of hydrogen-bond donors (Lipinski definition) is 1. The number of carbonyl (C=O) groups is 1. The molecule has 8 heavy (non-hydrogen) atoms. The Morgan fingerprint density at radius 1 is 1.38 bits per heavy atom. The predicted molar refractivity (Wildman–Crippen MR) is 33.2 cm³/mol. The van der Waals surface area contributed by atoms with E-state index in [1.54, 1.807) is 0 Å². The van der Waals surface area contributed by atoms with Crippen molar-refractivity contribution < 1.29 is 4.79 Å². The van der Waals surface area contributed by atoms with Gasteiger partial charge < -0.3 is 5.73 Å². The Kier molecular flexibility index (Phi) is 2.52. The highest BCUT2D eigenvalue weighted by molar-refractivity contribution is 5.76. The fourth-order valence-corrected chi connectivity index (χ4v) is 0.329. The van der Waals surface area contributed by atoms with E-state index in [-0.39, 0.29) is 11.8 Å². The molecule has 0 aliphatic rings. The number of hydrogen-bond acceptors (Lipinski definition) is 1. The van der Waals surface area contributed by atoms with Crippen molar-refractivity contribution in [3.8, 4) is 0 Å². The lowest BCUT2D eigenvalue weighted by Gasteiger charge is -2.09. The second-order valence-electron chi connectivity index (χ2n) is 2.44. The van der Waals surface area contributed by atoms with Gasteiger partial charge in [-0.3, -0.25) is 4.79 Å². The van der Waals surface area contributed by atoms with Gasteiger partial charge in [-0.2, -0.15) is 0 Å². The Hall–Kier alpha value is -0.530. The van der Waals surface area contributed by atoms with E-state index in [2.05, 4.69) is 0 Å². The molecule has 0 radical (unpaired) electrons. The molecule has 48 valence electrons. The third-order valence-electron chi connectivity index (χ3n) is 1.45. The summed E-state index contributed by atoms with van der Waals surface area (Å²) < 4.78 is 0. The van der Waals surface area contributed by atoms with Crippen LogP contribution in [0.25, 0.3) is 0 Å². The Morgan fingerprint density at radius 2 is 1.75 bits per heavy atom. The number of carbonyl (C=O) groups excluding carboxylic acids is 1. The highest BCUT2D eigenvalue weighted by Gasteiger charge is 2.11. The van der Waals surface area contributed by atoms with Crippen LogP contribution in [0.2, 0.25) is 0 Å². The summed E-state index contributed by atoms with van der Waals surface area (Å²) in [5.41, 5.74) is 5.00. The van der Waals surface area contributed by atoms with Crippen LogP contribution < -0.4 is 5.73 Å². The van der Waals surface area contributed by atoms with Gasteiger partial charge in [-0.05, 0) is 5.92 Å². The molecule has 2 N–H and O–H groups in total. The predicted octanol–water partition coefficient (Wildman–Crippen LogP) is 0.764.